The first-order valence-electron chi connectivity index (χ1n) is 7.16. The molecule has 6 nitrogen and oxygen atoms in total. The smallest absolute Gasteiger partial charge is 0.305 e. The Hall–Kier alpha value is -2.44. The maximum absolute atomic E-state index is 13.9. The van der Waals surface area contributed by atoms with Gasteiger partial charge in [-0.25, -0.2) is 4.39 Å². The molecule has 126 valence electrons. The first kappa shape index (κ1) is 18.6. The Kier molecular flexibility index (Phi) is 5.84. The van der Waals surface area contributed by atoms with Crippen molar-refractivity contribution in [3.05, 3.63) is 29.6 Å². The average molecular weight is 324 g/mol. The Morgan fingerprint density at radius 2 is 1.91 bits per heavy atom. The summed E-state index contributed by atoms with van der Waals surface area (Å²) in [5.41, 5.74) is -0.999. The second-order valence-corrected chi connectivity index (χ2v) is 5.97. The summed E-state index contributed by atoms with van der Waals surface area (Å²) in [4.78, 5) is 34.4. The number of carbonyl (C=O) groups excluding carboxylic acids is 2. The maximum Gasteiger partial charge on any atom is 0.305 e. The molecule has 23 heavy (non-hydrogen) atoms. The van der Waals surface area contributed by atoms with Gasteiger partial charge in [-0.05, 0) is 31.0 Å². The number of carboxylic acid groups (broad SMARTS) is 1. The molecule has 1 atom stereocenters. The number of benzene rings is 1. The Balaban J connectivity index is 3.08. The highest BCUT2D eigenvalue weighted by Gasteiger charge is 2.33. The lowest BCUT2D eigenvalue weighted by Crippen LogP contribution is -2.51. The summed E-state index contributed by atoms with van der Waals surface area (Å²) in [6, 6.07) is 3.63. The fraction of sp³-hybridized carbons (Fsp3) is 0.438. The molecule has 0 aliphatic carbocycles. The van der Waals surface area contributed by atoms with Gasteiger partial charge in [-0.1, -0.05) is 13.8 Å². The summed E-state index contributed by atoms with van der Waals surface area (Å²) in [5, 5.41) is 14.1. The predicted molar refractivity (Wildman–Crippen MR) is 83.7 cm³/mol. The maximum atomic E-state index is 13.9. The van der Waals surface area contributed by atoms with Crippen molar-refractivity contribution in [3.8, 4) is 0 Å². The lowest BCUT2D eigenvalue weighted by atomic mass is 9.85. The van der Waals surface area contributed by atoms with E-state index in [9.17, 15) is 18.8 Å². The summed E-state index contributed by atoms with van der Waals surface area (Å²) in [6.07, 6.45) is -0.288. The standard InChI is InChI=1S/C16H21FN2O4/c1-9(2)16(4,8-14(21)22)19-15(23)12-7-11(18-10(3)20)5-6-13(12)17/h5-7,9H,8H2,1-4H3,(H,18,20)(H,19,23)(H,21,22). The summed E-state index contributed by atoms with van der Waals surface area (Å²) in [5.74, 6) is -3.07. The van der Waals surface area contributed by atoms with E-state index in [1.807, 2.05) is 0 Å². The summed E-state index contributed by atoms with van der Waals surface area (Å²) < 4.78 is 13.9. The third kappa shape index (κ3) is 5.05. The normalized spacial score (nSPS) is 13.3. The molecule has 0 fully saturated rings. The highest BCUT2D eigenvalue weighted by Crippen LogP contribution is 2.23. The molecule has 0 aromatic heterocycles. The number of hydrogen-bond acceptors (Lipinski definition) is 3. The molecule has 1 rings (SSSR count). The summed E-state index contributed by atoms with van der Waals surface area (Å²) in [7, 11) is 0. The van der Waals surface area contributed by atoms with Gasteiger partial charge in [0.25, 0.3) is 5.91 Å². The van der Waals surface area contributed by atoms with Crippen molar-refractivity contribution in [2.45, 2.75) is 39.7 Å². The van der Waals surface area contributed by atoms with Crippen molar-refractivity contribution in [3.63, 3.8) is 0 Å². The lowest BCUT2D eigenvalue weighted by Gasteiger charge is -2.33. The molecule has 0 radical (unpaired) electrons. The Labute approximate surface area is 134 Å². The number of hydrogen-bond donors (Lipinski definition) is 3. The fourth-order valence-electron chi connectivity index (χ4n) is 2.01. The van der Waals surface area contributed by atoms with Gasteiger partial charge in [0.05, 0.1) is 17.5 Å². The van der Waals surface area contributed by atoms with E-state index < -0.39 is 23.2 Å². The van der Waals surface area contributed by atoms with E-state index in [1.54, 1.807) is 20.8 Å². The number of amides is 2. The van der Waals surface area contributed by atoms with Crippen LogP contribution >= 0.6 is 0 Å². The predicted octanol–water partition coefficient (Wildman–Crippen LogP) is 2.40. The SMILES string of the molecule is CC(=O)Nc1ccc(F)c(C(=O)NC(C)(CC(=O)O)C(C)C)c1. The van der Waals surface area contributed by atoms with Crippen LogP contribution in [0.25, 0.3) is 0 Å². The molecule has 0 aliphatic heterocycles. The van der Waals surface area contributed by atoms with E-state index in [0.29, 0.717) is 0 Å². The van der Waals surface area contributed by atoms with Gasteiger partial charge in [-0.2, -0.15) is 0 Å². The van der Waals surface area contributed by atoms with Crippen molar-refractivity contribution in [1.29, 1.82) is 0 Å². The van der Waals surface area contributed by atoms with Crippen molar-refractivity contribution >= 4 is 23.5 Å². The van der Waals surface area contributed by atoms with Crippen LogP contribution in [0, 0.1) is 11.7 Å². The summed E-state index contributed by atoms with van der Waals surface area (Å²) in [6.45, 7) is 6.44. The zero-order valence-corrected chi connectivity index (χ0v) is 13.6. The van der Waals surface area contributed by atoms with Gasteiger partial charge in [0.2, 0.25) is 5.91 Å². The van der Waals surface area contributed by atoms with Gasteiger partial charge < -0.3 is 15.7 Å². The van der Waals surface area contributed by atoms with Gasteiger partial charge in [0.15, 0.2) is 0 Å². The van der Waals surface area contributed by atoms with Crippen molar-refractivity contribution in [2.24, 2.45) is 5.92 Å². The first-order chi connectivity index (χ1) is 10.5. The van der Waals surface area contributed by atoms with E-state index in [4.69, 9.17) is 5.11 Å². The molecule has 0 aliphatic rings. The molecular formula is C16H21FN2O4. The first-order valence-corrected chi connectivity index (χ1v) is 7.16. The van der Waals surface area contributed by atoms with Gasteiger partial charge in [-0.15, -0.1) is 0 Å². The van der Waals surface area contributed by atoms with Gasteiger partial charge in [0.1, 0.15) is 5.82 Å². The number of halogens is 1. The van der Waals surface area contributed by atoms with Crippen LogP contribution in [0.15, 0.2) is 18.2 Å². The van der Waals surface area contributed by atoms with Crippen LogP contribution in [0.2, 0.25) is 0 Å². The van der Waals surface area contributed by atoms with Crippen LogP contribution in [0.3, 0.4) is 0 Å². The van der Waals surface area contributed by atoms with Crippen LogP contribution < -0.4 is 10.6 Å². The molecule has 0 heterocycles. The quantitative estimate of drug-likeness (QED) is 0.749. The number of anilines is 1. The topological polar surface area (TPSA) is 95.5 Å². The van der Waals surface area contributed by atoms with E-state index in [2.05, 4.69) is 10.6 Å². The molecule has 3 N–H and O–H groups in total. The van der Waals surface area contributed by atoms with E-state index >= 15 is 0 Å². The van der Waals surface area contributed by atoms with Gasteiger partial charge in [-0.3, -0.25) is 14.4 Å². The Morgan fingerprint density at radius 1 is 1.30 bits per heavy atom. The highest BCUT2D eigenvalue weighted by molar-refractivity contribution is 5.97. The van der Waals surface area contributed by atoms with Crippen LogP contribution in [-0.2, 0) is 9.59 Å². The number of aliphatic carboxylic acids is 1. The molecule has 0 bridgehead atoms. The number of carboxylic acids is 1. The van der Waals surface area contributed by atoms with Crippen molar-refractivity contribution in [1.82, 2.24) is 5.32 Å². The Morgan fingerprint density at radius 3 is 2.39 bits per heavy atom. The molecule has 1 unspecified atom stereocenters. The molecule has 2 amide bonds. The molecule has 0 spiro atoms. The van der Waals surface area contributed by atoms with Crippen LogP contribution in [-0.4, -0.2) is 28.4 Å². The average Bonchev–Trinajstić information content (AvgIpc) is 2.39. The highest BCUT2D eigenvalue weighted by atomic mass is 19.1. The number of rotatable bonds is 6. The third-order valence-corrected chi connectivity index (χ3v) is 3.72. The monoisotopic (exact) mass is 324 g/mol. The number of nitrogens with one attached hydrogen (secondary N) is 2. The largest absolute Gasteiger partial charge is 0.481 e. The lowest BCUT2D eigenvalue weighted by molar-refractivity contribution is -0.139. The van der Waals surface area contributed by atoms with E-state index in [1.165, 1.54) is 19.1 Å². The minimum atomic E-state index is -1.06. The molecule has 1 aromatic rings. The zero-order valence-electron chi connectivity index (χ0n) is 13.6. The van der Waals surface area contributed by atoms with E-state index in [-0.39, 0.29) is 29.5 Å². The molecular weight excluding hydrogens is 303 g/mol. The zero-order chi connectivity index (χ0) is 17.8. The second-order valence-electron chi connectivity index (χ2n) is 5.97. The van der Waals surface area contributed by atoms with Gasteiger partial charge in [0, 0.05) is 12.6 Å². The summed E-state index contributed by atoms with van der Waals surface area (Å²) >= 11 is 0. The fourth-order valence-corrected chi connectivity index (χ4v) is 2.01. The Bertz CT molecular complexity index is 631. The molecule has 0 saturated carbocycles. The van der Waals surface area contributed by atoms with Crippen molar-refractivity contribution in [2.75, 3.05) is 5.32 Å². The second kappa shape index (κ2) is 7.21. The van der Waals surface area contributed by atoms with E-state index in [0.717, 1.165) is 6.07 Å². The van der Waals surface area contributed by atoms with Crippen LogP contribution in [0.1, 0.15) is 44.5 Å². The van der Waals surface area contributed by atoms with Crippen LogP contribution in [0.5, 0.6) is 0 Å². The molecule has 7 heteroatoms. The minimum absolute atomic E-state index is 0.177. The minimum Gasteiger partial charge on any atom is -0.481 e. The number of carbonyl (C=O) groups is 3. The third-order valence-electron chi connectivity index (χ3n) is 3.72. The molecule has 1 aromatic carbocycles. The van der Waals surface area contributed by atoms with Gasteiger partial charge >= 0.3 is 5.97 Å². The van der Waals surface area contributed by atoms with Crippen molar-refractivity contribution < 1.29 is 23.9 Å². The molecule has 0 saturated heterocycles. The van der Waals surface area contributed by atoms with Crippen LogP contribution in [0.4, 0.5) is 10.1 Å².